The van der Waals surface area contributed by atoms with Crippen molar-refractivity contribution >= 4 is 39.0 Å². The zero-order valence-electron chi connectivity index (χ0n) is 34.4. The van der Waals surface area contributed by atoms with Gasteiger partial charge in [0, 0.05) is 27.6 Å². The predicted molar refractivity (Wildman–Crippen MR) is 261 cm³/mol. The molecule has 294 valence electrons. The van der Waals surface area contributed by atoms with Crippen LogP contribution in [0.1, 0.15) is 22.3 Å². The third-order valence-corrected chi connectivity index (χ3v) is 13.5. The lowest BCUT2D eigenvalue weighted by Gasteiger charge is -2.32. The van der Waals surface area contributed by atoms with Crippen LogP contribution in [-0.4, -0.2) is 0 Å². The van der Waals surface area contributed by atoms with E-state index in [1.807, 2.05) is 6.07 Å². The molecule has 0 unspecified atom stereocenters. The first-order valence-corrected chi connectivity index (χ1v) is 21.8. The zero-order valence-corrected chi connectivity index (χ0v) is 34.4. The van der Waals surface area contributed by atoms with Crippen LogP contribution in [0.25, 0.3) is 77.6 Å². The van der Waals surface area contributed by atoms with Crippen LogP contribution in [0.4, 0.5) is 17.1 Å². The first-order chi connectivity index (χ1) is 31.3. The number of benzene rings is 10. The molecule has 0 fully saturated rings. The fourth-order valence-corrected chi connectivity index (χ4v) is 10.9. The van der Waals surface area contributed by atoms with Crippen molar-refractivity contribution in [3.05, 3.63) is 259 Å². The highest BCUT2D eigenvalue weighted by molar-refractivity contribution is 6.14. The summed E-state index contributed by atoms with van der Waals surface area (Å²) in [7, 11) is 0. The van der Waals surface area contributed by atoms with Crippen LogP contribution in [0.15, 0.2) is 241 Å². The van der Waals surface area contributed by atoms with Gasteiger partial charge in [-0.05, 0) is 109 Å². The summed E-state index contributed by atoms with van der Waals surface area (Å²) in [6.45, 7) is 0. The van der Waals surface area contributed by atoms with E-state index in [0.717, 1.165) is 50.1 Å². The summed E-state index contributed by atoms with van der Waals surface area (Å²) < 4.78 is 6.47. The molecule has 10 aromatic carbocycles. The van der Waals surface area contributed by atoms with Crippen LogP contribution in [-0.2, 0) is 5.41 Å². The maximum atomic E-state index is 6.47. The number of nitrogens with zero attached hydrogens (tertiary/aromatic N) is 1. The van der Waals surface area contributed by atoms with Gasteiger partial charge in [0.2, 0.25) is 0 Å². The minimum atomic E-state index is -0.463. The topological polar surface area (TPSA) is 16.4 Å². The normalized spacial score (nSPS) is 12.9. The lowest BCUT2D eigenvalue weighted by atomic mass is 9.70. The van der Waals surface area contributed by atoms with Gasteiger partial charge < -0.3 is 9.32 Å². The van der Waals surface area contributed by atoms with E-state index in [9.17, 15) is 0 Å². The summed E-state index contributed by atoms with van der Waals surface area (Å²) in [6, 6.07) is 86.5. The fraction of sp³-hybridized carbons (Fsp3) is 0.0164. The van der Waals surface area contributed by atoms with Gasteiger partial charge in [0.25, 0.3) is 0 Å². The lowest BCUT2D eigenvalue weighted by molar-refractivity contribution is 0.669. The smallest absolute Gasteiger partial charge is 0.136 e. The van der Waals surface area contributed by atoms with Crippen molar-refractivity contribution in [3.8, 4) is 55.6 Å². The highest BCUT2D eigenvalue weighted by Crippen LogP contribution is 2.65. The van der Waals surface area contributed by atoms with Gasteiger partial charge in [0.05, 0.1) is 16.8 Å². The van der Waals surface area contributed by atoms with Crippen molar-refractivity contribution in [3.63, 3.8) is 0 Å². The number of hydrogen-bond acceptors (Lipinski definition) is 2. The second kappa shape index (κ2) is 13.9. The molecule has 0 radical (unpaired) electrons. The molecule has 0 saturated heterocycles. The number of fused-ring (bicyclic) bond motifs is 13. The number of rotatable bonds is 6. The molecule has 1 heterocycles. The average molecular weight is 802 g/mol. The van der Waals surface area contributed by atoms with E-state index >= 15 is 0 Å². The zero-order chi connectivity index (χ0) is 41.5. The van der Waals surface area contributed by atoms with Crippen LogP contribution in [0, 0.1) is 0 Å². The van der Waals surface area contributed by atoms with Crippen molar-refractivity contribution < 1.29 is 4.42 Å². The van der Waals surface area contributed by atoms with Gasteiger partial charge >= 0.3 is 0 Å². The number of hydrogen-bond donors (Lipinski definition) is 0. The molecule has 63 heavy (non-hydrogen) atoms. The van der Waals surface area contributed by atoms with Gasteiger partial charge in [0.1, 0.15) is 11.2 Å². The second-order valence-electron chi connectivity index (χ2n) is 16.7. The standard InChI is InChI=1S/C61H39NO/c1-2-17-40(18-3-1)42-19-14-20-43(39-42)41-35-37-44(38-36-41)62(55-31-12-7-23-47(55)48-26-15-34-58-59(48)50-25-8-13-33-57(50)63-58)56-32-16-30-54-60(56)49-24-6-11-29-53(49)61(54)51-27-9-4-21-45(51)46-22-5-10-28-52(46)61/h1-39H. The van der Waals surface area contributed by atoms with E-state index in [4.69, 9.17) is 4.42 Å². The minimum Gasteiger partial charge on any atom is -0.456 e. The van der Waals surface area contributed by atoms with Crippen LogP contribution >= 0.6 is 0 Å². The Morgan fingerprint density at radius 3 is 1.56 bits per heavy atom. The first-order valence-electron chi connectivity index (χ1n) is 21.8. The summed E-state index contributed by atoms with van der Waals surface area (Å²) >= 11 is 0. The minimum absolute atomic E-state index is 0.463. The SMILES string of the molecule is c1ccc(-c2cccc(-c3ccc(N(c4ccccc4-c4cccc5oc6ccccc6c45)c4cccc5c4-c4ccccc4C54c5ccccc5-c5ccccc54)cc3)c2)cc1. The van der Waals surface area contributed by atoms with Crippen LogP contribution < -0.4 is 4.90 Å². The molecule has 0 atom stereocenters. The number of para-hydroxylation sites is 2. The lowest BCUT2D eigenvalue weighted by Crippen LogP contribution is -2.26. The maximum Gasteiger partial charge on any atom is 0.136 e. The van der Waals surface area contributed by atoms with Crippen LogP contribution in [0.3, 0.4) is 0 Å². The number of anilines is 3. The van der Waals surface area contributed by atoms with Crippen LogP contribution in [0.5, 0.6) is 0 Å². The third-order valence-electron chi connectivity index (χ3n) is 13.5. The highest BCUT2D eigenvalue weighted by Gasteiger charge is 2.52. The molecule has 11 aromatic rings. The molecule has 0 N–H and O–H groups in total. The van der Waals surface area contributed by atoms with Crippen molar-refractivity contribution in [1.29, 1.82) is 0 Å². The Hall–Kier alpha value is -8.20. The summed E-state index contributed by atoms with van der Waals surface area (Å²) in [4.78, 5) is 2.50. The summed E-state index contributed by atoms with van der Waals surface area (Å²) in [5.74, 6) is 0. The molecule has 2 aliphatic carbocycles. The maximum absolute atomic E-state index is 6.47. The van der Waals surface area contributed by atoms with Crippen molar-refractivity contribution in [2.24, 2.45) is 0 Å². The van der Waals surface area contributed by atoms with E-state index in [1.165, 1.54) is 66.8 Å². The van der Waals surface area contributed by atoms with E-state index in [0.29, 0.717) is 0 Å². The molecule has 13 rings (SSSR count). The van der Waals surface area contributed by atoms with Gasteiger partial charge in [0.15, 0.2) is 0 Å². The van der Waals surface area contributed by atoms with Crippen molar-refractivity contribution in [1.82, 2.24) is 0 Å². The highest BCUT2D eigenvalue weighted by atomic mass is 16.3. The van der Waals surface area contributed by atoms with E-state index < -0.39 is 5.41 Å². The van der Waals surface area contributed by atoms with E-state index in [-0.39, 0.29) is 0 Å². The predicted octanol–water partition coefficient (Wildman–Crippen LogP) is 16.4. The molecule has 2 aliphatic rings. The Labute approximate surface area is 366 Å². The average Bonchev–Trinajstić information content (AvgIpc) is 4.00. The quantitative estimate of drug-likeness (QED) is 0.167. The van der Waals surface area contributed by atoms with Gasteiger partial charge in [-0.15, -0.1) is 0 Å². The second-order valence-corrected chi connectivity index (χ2v) is 16.7. The molecule has 0 saturated carbocycles. The molecule has 1 spiro atoms. The molecule has 0 amide bonds. The Morgan fingerprint density at radius 2 is 0.810 bits per heavy atom. The van der Waals surface area contributed by atoms with Crippen molar-refractivity contribution in [2.75, 3.05) is 4.90 Å². The number of furan rings is 1. The Bertz CT molecular complexity index is 3530. The monoisotopic (exact) mass is 801 g/mol. The van der Waals surface area contributed by atoms with Gasteiger partial charge in [-0.2, -0.15) is 0 Å². The largest absolute Gasteiger partial charge is 0.456 e. The van der Waals surface area contributed by atoms with Gasteiger partial charge in [-0.1, -0.05) is 194 Å². The summed E-state index contributed by atoms with van der Waals surface area (Å²) in [5.41, 5.74) is 22.0. The fourth-order valence-electron chi connectivity index (χ4n) is 10.9. The molecule has 0 bridgehead atoms. The molecule has 2 nitrogen and oxygen atoms in total. The van der Waals surface area contributed by atoms with E-state index in [2.05, 4.69) is 235 Å². The Morgan fingerprint density at radius 1 is 0.317 bits per heavy atom. The summed E-state index contributed by atoms with van der Waals surface area (Å²) in [5, 5.41) is 2.23. The van der Waals surface area contributed by atoms with Gasteiger partial charge in [-0.3, -0.25) is 0 Å². The van der Waals surface area contributed by atoms with Crippen LogP contribution in [0.2, 0.25) is 0 Å². The first kappa shape index (κ1) is 35.5. The summed E-state index contributed by atoms with van der Waals surface area (Å²) in [6.07, 6.45) is 0. The molecule has 2 heteroatoms. The molecular formula is C61H39NO. The Kier molecular flexibility index (Phi) is 7.85. The van der Waals surface area contributed by atoms with Gasteiger partial charge in [-0.25, -0.2) is 0 Å². The van der Waals surface area contributed by atoms with Crippen molar-refractivity contribution in [2.45, 2.75) is 5.41 Å². The molecular weight excluding hydrogens is 763 g/mol. The molecule has 0 aliphatic heterocycles. The van der Waals surface area contributed by atoms with E-state index in [1.54, 1.807) is 0 Å². The third kappa shape index (κ3) is 5.19. The molecule has 1 aromatic heterocycles. The Balaban J connectivity index is 1.07.